The molecule has 3 aromatic rings. The van der Waals surface area contributed by atoms with Crippen LogP contribution in [0.4, 0.5) is 0 Å². The van der Waals surface area contributed by atoms with Crippen LogP contribution in [0.25, 0.3) is 0 Å². The zero-order valence-electron chi connectivity index (χ0n) is 14.7. The molecule has 0 unspecified atom stereocenters. The van der Waals surface area contributed by atoms with Crippen LogP contribution >= 0.6 is 0 Å². The Bertz CT molecular complexity index is 854. The summed E-state index contributed by atoms with van der Waals surface area (Å²) in [7, 11) is 3.22. The summed E-state index contributed by atoms with van der Waals surface area (Å²) in [5, 5.41) is 6.87. The summed E-state index contributed by atoms with van der Waals surface area (Å²) in [5.41, 5.74) is 2.47. The second-order valence-electron chi connectivity index (χ2n) is 5.72. The molecule has 0 radical (unpaired) electrons. The second kappa shape index (κ2) is 8.20. The van der Waals surface area contributed by atoms with Gasteiger partial charge in [-0.2, -0.15) is 0 Å². The summed E-state index contributed by atoms with van der Waals surface area (Å²) < 4.78 is 15.5. The van der Waals surface area contributed by atoms with Crippen molar-refractivity contribution in [2.75, 3.05) is 14.2 Å². The Morgan fingerprint density at radius 2 is 1.62 bits per heavy atom. The predicted molar refractivity (Wildman–Crippen MR) is 96.5 cm³/mol. The van der Waals surface area contributed by atoms with Crippen LogP contribution in [-0.2, 0) is 13.0 Å². The van der Waals surface area contributed by atoms with E-state index in [0.29, 0.717) is 23.5 Å². The van der Waals surface area contributed by atoms with Crippen LogP contribution < -0.4 is 14.8 Å². The Morgan fingerprint density at radius 1 is 1.00 bits per heavy atom. The third kappa shape index (κ3) is 4.42. The smallest absolute Gasteiger partial charge is 0.251 e. The first kappa shape index (κ1) is 17.5. The molecule has 3 rings (SSSR count). The average molecular weight is 352 g/mol. The number of aromatic nitrogens is 1. The molecule has 1 aromatic heterocycles. The molecule has 26 heavy (non-hydrogen) atoms. The molecular formula is C20H20N2O4. The molecule has 0 fully saturated rings. The maximum absolute atomic E-state index is 12.1. The molecule has 0 atom stereocenters. The maximum Gasteiger partial charge on any atom is 0.251 e. The van der Waals surface area contributed by atoms with Gasteiger partial charge in [-0.1, -0.05) is 17.3 Å². The van der Waals surface area contributed by atoms with Gasteiger partial charge < -0.3 is 19.3 Å². The highest BCUT2D eigenvalue weighted by atomic mass is 16.5. The van der Waals surface area contributed by atoms with Gasteiger partial charge in [-0.3, -0.25) is 4.79 Å². The zero-order valence-corrected chi connectivity index (χ0v) is 14.7. The Balaban J connectivity index is 1.54. The lowest BCUT2D eigenvalue weighted by Crippen LogP contribution is -2.22. The van der Waals surface area contributed by atoms with Gasteiger partial charge in [0, 0.05) is 18.1 Å². The number of rotatable bonds is 7. The highest BCUT2D eigenvalue weighted by Gasteiger charge is 2.09. The van der Waals surface area contributed by atoms with Gasteiger partial charge in [0.1, 0.15) is 11.5 Å². The van der Waals surface area contributed by atoms with Crippen LogP contribution in [-0.4, -0.2) is 25.3 Å². The number of nitrogens with one attached hydrogen (secondary N) is 1. The summed E-state index contributed by atoms with van der Waals surface area (Å²) in [4.78, 5) is 12.1. The van der Waals surface area contributed by atoms with Crippen LogP contribution in [0, 0.1) is 0 Å². The van der Waals surface area contributed by atoms with E-state index >= 15 is 0 Å². The van der Waals surface area contributed by atoms with Gasteiger partial charge in [0.25, 0.3) is 5.91 Å². The number of amides is 1. The van der Waals surface area contributed by atoms with E-state index in [1.165, 1.54) is 0 Å². The van der Waals surface area contributed by atoms with Crippen molar-refractivity contribution in [3.63, 3.8) is 0 Å². The van der Waals surface area contributed by atoms with Crippen LogP contribution in [0.1, 0.15) is 27.4 Å². The van der Waals surface area contributed by atoms with E-state index in [1.54, 1.807) is 38.5 Å². The van der Waals surface area contributed by atoms with E-state index in [1.807, 2.05) is 30.3 Å². The van der Waals surface area contributed by atoms with Crippen LogP contribution in [0.3, 0.4) is 0 Å². The highest BCUT2D eigenvalue weighted by molar-refractivity contribution is 5.94. The number of hydrogen-bond donors (Lipinski definition) is 1. The molecule has 6 heteroatoms. The molecule has 134 valence electrons. The molecule has 0 saturated carbocycles. The van der Waals surface area contributed by atoms with E-state index in [0.717, 1.165) is 17.0 Å². The van der Waals surface area contributed by atoms with Gasteiger partial charge in [0.2, 0.25) is 0 Å². The monoisotopic (exact) mass is 352 g/mol. The van der Waals surface area contributed by atoms with Crippen LogP contribution in [0.2, 0.25) is 0 Å². The number of ether oxygens (including phenoxy) is 2. The van der Waals surface area contributed by atoms with E-state index in [9.17, 15) is 4.79 Å². The van der Waals surface area contributed by atoms with Crippen molar-refractivity contribution in [1.29, 1.82) is 0 Å². The summed E-state index contributed by atoms with van der Waals surface area (Å²) in [6, 6.07) is 16.5. The highest BCUT2D eigenvalue weighted by Crippen LogP contribution is 2.15. The van der Waals surface area contributed by atoms with E-state index in [4.69, 9.17) is 14.0 Å². The number of benzene rings is 2. The van der Waals surface area contributed by atoms with Crippen molar-refractivity contribution in [1.82, 2.24) is 10.5 Å². The van der Waals surface area contributed by atoms with Gasteiger partial charge >= 0.3 is 0 Å². The molecule has 0 aliphatic rings. The summed E-state index contributed by atoms with van der Waals surface area (Å²) >= 11 is 0. The number of nitrogens with zero attached hydrogens (tertiary/aromatic N) is 1. The summed E-state index contributed by atoms with van der Waals surface area (Å²) in [5.74, 6) is 1.95. The molecule has 0 aliphatic heterocycles. The molecule has 0 aliphatic carbocycles. The quantitative estimate of drug-likeness (QED) is 0.707. The minimum absolute atomic E-state index is 0.180. The van der Waals surface area contributed by atoms with Gasteiger partial charge in [-0.25, -0.2) is 0 Å². The zero-order chi connectivity index (χ0) is 18.4. The first-order valence-electron chi connectivity index (χ1n) is 8.17. The lowest BCUT2D eigenvalue weighted by Gasteiger charge is -2.04. The lowest BCUT2D eigenvalue weighted by molar-refractivity contribution is 0.0947. The Hall–Kier alpha value is -3.28. The minimum atomic E-state index is -0.180. The molecule has 0 bridgehead atoms. The van der Waals surface area contributed by atoms with E-state index < -0.39 is 0 Å². The van der Waals surface area contributed by atoms with Crippen molar-refractivity contribution in [2.45, 2.75) is 13.0 Å². The average Bonchev–Trinajstić information content (AvgIpc) is 3.14. The molecule has 6 nitrogen and oxygen atoms in total. The standard InChI is InChI=1S/C20H20N2O4/c1-24-17-7-3-14(4-8-17)11-16-12-19(26-22-16)13-21-20(23)15-5-9-18(25-2)10-6-15/h3-10,12H,11,13H2,1-2H3,(H,21,23). The largest absolute Gasteiger partial charge is 0.497 e. The minimum Gasteiger partial charge on any atom is -0.497 e. The van der Waals surface area contributed by atoms with E-state index in [-0.39, 0.29) is 12.5 Å². The van der Waals surface area contributed by atoms with Gasteiger partial charge in [-0.15, -0.1) is 0 Å². The van der Waals surface area contributed by atoms with Gasteiger partial charge in [-0.05, 0) is 42.0 Å². The molecular weight excluding hydrogens is 332 g/mol. The SMILES string of the molecule is COc1ccc(Cc2cc(CNC(=O)c3ccc(OC)cc3)on2)cc1. The van der Waals surface area contributed by atoms with Gasteiger partial charge in [0.15, 0.2) is 5.76 Å². The molecule has 0 saturated heterocycles. The Labute approximate surface area is 151 Å². The first-order valence-corrected chi connectivity index (χ1v) is 8.17. The number of carbonyl (C=O) groups is 1. The Morgan fingerprint density at radius 3 is 2.23 bits per heavy atom. The first-order chi connectivity index (χ1) is 12.7. The number of methoxy groups -OCH3 is 2. The Kier molecular flexibility index (Phi) is 5.53. The third-order valence-corrected chi connectivity index (χ3v) is 3.93. The van der Waals surface area contributed by atoms with Crippen LogP contribution in [0.5, 0.6) is 11.5 Å². The fraction of sp³-hybridized carbons (Fsp3) is 0.200. The van der Waals surface area contributed by atoms with Crippen molar-refractivity contribution in [3.8, 4) is 11.5 Å². The maximum atomic E-state index is 12.1. The topological polar surface area (TPSA) is 73.6 Å². The third-order valence-electron chi connectivity index (χ3n) is 3.93. The molecule has 0 spiro atoms. The molecule has 1 amide bonds. The van der Waals surface area contributed by atoms with Crippen molar-refractivity contribution < 1.29 is 18.8 Å². The summed E-state index contributed by atoms with van der Waals surface area (Å²) in [6.45, 7) is 0.278. The molecule has 2 aromatic carbocycles. The van der Waals surface area contributed by atoms with E-state index in [2.05, 4.69) is 10.5 Å². The predicted octanol–water partition coefficient (Wildman–Crippen LogP) is 3.21. The summed E-state index contributed by atoms with van der Waals surface area (Å²) in [6.07, 6.45) is 0.653. The van der Waals surface area contributed by atoms with Crippen molar-refractivity contribution >= 4 is 5.91 Å². The second-order valence-corrected chi connectivity index (χ2v) is 5.72. The molecule has 1 heterocycles. The fourth-order valence-corrected chi connectivity index (χ4v) is 2.49. The fourth-order valence-electron chi connectivity index (χ4n) is 2.49. The molecule has 1 N–H and O–H groups in total. The van der Waals surface area contributed by atoms with Crippen molar-refractivity contribution in [2.24, 2.45) is 0 Å². The lowest BCUT2D eigenvalue weighted by atomic mass is 10.1. The normalized spacial score (nSPS) is 10.4. The number of carbonyl (C=O) groups excluding carboxylic acids is 1. The number of hydrogen-bond acceptors (Lipinski definition) is 5. The van der Waals surface area contributed by atoms with Crippen molar-refractivity contribution in [3.05, 3.63) is 77.2 Å². The van der Waals surface area contributed by atoms with Gasteiger partial charge in [0.05, 0.1) is 26.5 Å². The van der Waals surface area contributed by atoms with Crippen LogP contribution in [0.15, 0.2) is 59.1 Å².